The van der Waals surface area contributed by atoms with Crippen molar-refractivity contribution in [2.24, 2.45) is 0 Å². The summed E-state index contributed by atoms with van der Waals surface area (Å²) in [6.45, 7) is 0.715. The van der Waals surface area contributed by atoms with Crippen LogP contribution in [0.4, 0.5) is 0 Å². The van der Waals surface area contributed by atoms with Gasteiger partial charge < -0.3 is 10.4 Å². The Bertz CT molecular complexity index is 225. The molecule has 1 heterocycles. The molecule has 0 bridgehead atoms. The van der Waals surface area contributed by atoms with E-state index in [9.17, 15) is 8.42 Å². The Kier molecular flexibility index (Phi) is 2.48. The van der Waals surface area contributed by atoms with E-state index in [1.165, 1.54) is 0 Å². The van der Waals surface area contributed by atoms with Crippen LogP contribution in [0.2, 0.25) is 0 Å². The fraction of sp³-hybridized carbons (Fsp3) is 1.00. The topological polar surface area (TPSA) is 86.6 Å². The predicted octanol–water partition coefficient (Wildman–Crippen LogP) is -1.40. The lowest BCUT2D eigenvalue weighted by Gasteiger charge is -2.25. The van der Waals surface area contributed by atoms with E-state index in [1.54, 1.807) is 0 Å². The van der Waals surface area contributed by atoms with Gasteiger partial charge in [0, 0.05) is 6.54 Å². The van der Waals surface area contributed by atoms with Gasteiger partial charge in [0.15, 0.2) is 0 Å². The van der Waals surface area contributed by atoms with Gasteiger partial charge in [0.1, 0.15) is 5.25 Å². The van der Waals surface area contributed by atoms with Gasteiger partial charge in [-0.3, -0.25) is 4.55 Å². The first-order valence-electron chi connectivity index (χ1n) is 3.37. The lowest BCUT2D eigenvalue weighted by Crippen LogP contribution is -2.48. The predicted molar refractivity (Wildman–Crippen MR) is 38.8 cm³/mol. The SMILES string of the molecule is O=S(=O)(O)[C@H]1CNCC[C@H]1O. The second-order valence-electron chi connectivity index (χ2n) is 2.61. The van der Waals surface area contributed by atoms with Gasteiger partial charge in [0.2, 0.25) is 0 Å². The molecule has 0 amide bonds. The Balaban J connectivity index is 2.70. The van der Waals surface area contributed by atoms with Crippen molar-refractivity contribution in [1.82, 2.24) is 5.32 Å². The van der Waals surface area contributed by atoms with E-state index in [0.717, 1.165) is 0 Å². The zero-order chi connectivity index (χ0) is 8.48. The molecule has 0 unspecified atom stereocenters. The quantitative estimate of drug-likeness (QED) is 0.433. The number of aliphatic hydroxyl groups is 1. The zero-order valence-corrected chi connectivity index (χ0v) is 6.71. The molecule has 11 heavy (non-hydrogen) atoms. The number of rotatable bonds is 1. The number of nitrogens with one attached hydrogen (secondary N) is 1. The van der Waals surface area contributed by atoms with Crippen molar-refractivity contribution in [3.05, 3.63) is 0 Å². The summed E-state index contributed by atoms with van der Waals surface area (Å²) in [6, 6.07) is 0. The fourth-order valence-corrected chi connectivity index (χ4v) is 1.98. The molecule has 0 aliphatic carbocycles. The molecule has 0 radical (unpaired) electrons. The first kappa shape index (κ1) is 8.92. The third-order valence-corrected chi connectivity index (χ3v) is 3.02. The maximum absolute atomic E-state index is 10.6. The molecule has 1 aliphatic heterocycles. The monoisotopic (exact) mass is 181 g/mol. The average Bonchev–Trinajstić information content (AvgIpc) is 1.86. The summed E-state index contributed by atoms with van der Waals surface area (Å²) in [7, 11) is -4.09. The normalized spacial score (nSPS) is 33.6. The molecule has 2 atom stereocenters. The van der Waals surface area contributed by atoms with Crippen LogP contribution in [-0.2, 0) is 10.1 Å². The van der Waals surface area contributed by atoms with E-state index in [4.69, 9.17) is 9.66 Å². The summed E-state index contributed by atoms with van der Waals surface area (Å²) < 4.78 is 29.7. The molecule has 1 rings (SSSR count). The third-order valence-electron chi connectivity index (χ3n) is 1.77. The molecular formula is C5H11NO4S. The van der Waals surface area contributed by atoms with Crippen LogP contribution in [-0.4, -0.2) is 42.5 Å². The van der Waals surface area contributed by atoms with E-state index >= 15 is 0 Å². The molecule has 0 aromatic carbocycles. The van der Waals surface area contributed by atoms with Crippen molar-refractivity contribution in [2.75, 3.05) is 13.1 Å². The van der Waals surface area contributed by atoms with E-state index in [-0.39, 0.29) is 6.54 Å². The van der Waals surface area contributed by atoms with Crippen molar-refractivity contribution < 1.29 is 18.1 Å². The maximum Gasteiger partial charge on any atom is 0.271 e. The second-order valence-corrected chi connectivity index (χ2v) is 4.25. The smallest absolute Gasteiger partial charge is 0.271 e. The standard InChI is InChI=1S/C5H11NO4S/c7-4-1-2-6-3-5(4)11(8,9)10/h4-7H,1-3H2,(H,8,9,10)/t4-,5+/m1/s1. The molecule has 66 valence electrons. The first-order chi connectivity index (χ1) is 5.02. The summed E-state index contributed by atoms with van der Waals surface area (Å²) in [5, 5.41) is 10.8. The summed E-state index contributed by atoms with van der Waals surface area (Å²) >= 11 is 0. The molecule has 0 aromatic rings. The van der Waals surface area contributed by atoms with Crippen molar-refractivity contribution in [2.45, 2.75) is 17.8 Å². The highest BCUT2D eigenvalue weighted by Gasteiger charge is 2.32. The minimum Gasteiger partial charge on any atom is -0.392 e. The highest BCUT2D eigenvalue weighted by molar-refractivity contribution is 7.86. The zero-order valence-electron chi connectivity index (χ0n) is 5.90. The van der Waals surface area contributed by atoms with Gasteiger partial charge in [-0.15, -0.1) is 0 Å². The summed E-state index contributed by atoms with van der Waals surface area (Å²) in [5.74, 6) is 0. The van der Waals surface area contributed by atoms with Gasteiger partial charge in [0.05, 0.1) is 6.10 Å². The van der Waals surface area contributed by atoms with Crippen molar-refractivity contribution in [3.8, 4) is 0 Å². The molecule has 0 saturated carbocycles. The Morgan fingerprint density at radius 3 is 2.45 bits per heavy atom. The summed E-state index contributed by atoms with van der Waals surface area (Å²) in [5.41, 5.74) is 0. The molecule has 3 N–H and O–H groups in total. The van der Waals surface area contributed by atoms with Gasteiger partial charge >= 0.3 is 0 Å². The molecule has 6 heteroatoms. The molecule has 0 aromatic heterocycles. The van der Waals surface area contributed by atoms with Crippen molar-refractivity contribution in [1.29, 1.82) is 0 Å². The molecule has 1 saturated heterocycles. The molecule has 1 fully saturated rings. The van der Waals surface area contributed by atoms with Gasteiger partial charge in [-0.1, -0.05) is 0 Å². The summed E-state index contributed by atoms with van der Waals surface area (Å²) in [6.07, 6.45) is -0.573. The van der Waals surface area contributed by atoms with Crippen LogP contribution in [0.25, 0.3) is 0 Å². The number of aliphatic hydroxyl groups excluding tert-OH is 1. The van der Waals surface area contributed by atoms with Gasteiger partial charge in [-0.25, -0.2) is 0 Å². The van der Waals surface area contributed by atoms with E-state index in [0.29, 0.717) is 13.0 Å². The van der Waals surface area contributed by atoms with Crippen LogP contribution in [0.5, 0.6) is 0 Å². The average molecular weight is 181 g/mol. The fourth-order valence-electron chi connectivity index (χ4n) is 1.12. The lowest BCUT2D eigenvalue weighted by molar-refractivity contribution is 0.137. The Morgan fingerprint density at radius 2 is 2.09 bits per heavy atom. The lowest BCUT2D eigenvalue weighted by atomic mass is 10.1. The van der Waals surface area contributed by atoms with Crippen molar-refractivity contribution in [3.63, 3.8) is 0 Å². The first-order valence-corrected chi connectivity index (χ1v) is 4.87. The number of hydrogen-bond donors (Lipinski definition) is 3. The number of piperidine rings is 1. The minimum absolute atomic E-state index is 0.125. The van der Waals surface area contributed by atoms with Crippen molar-refractivity contribution >= 4 is 10.1 Å². The summed E-state index contributed by atoms with van der Waals surface area (Å²) in [4.78, 5) is 0. The minimum atomic E-state index is -4.09. The van der Waals surface area contributed by atoms with Gasteiger partial charge in [-0.2, -0.15) is 8.42 Å². The third kappa shape index (κ3) is 2.13. The van der Waals surface area contributed by atoms with Gasteiger partial charge in [0.25, 0.3) is 10.1 Å². The van der Waals surface area contributed by atoms with Crippen LogP contribution in [0.1, 0.15) is 6.42 Å². The highest BCUT2D eigenvalue weighted by atomic mass is 32.2. The molecule has 0 spiro atoms. The highest BCUT2D eigenvalue weighted by Crippen LogP contribution is 2.10. The number of hydrogen-bond acceptors (Lipinski definition) is 4. The Labute approximate surface area is 65.2 Å². The van der Waals surface area contributed by atoms with E-state index < -0.39 is 21.5 Å². The van der Waals surface area contributed by atoms with E-state index in [2.05, 4.69) is 5.32 Å². The largest absolute Gasteiger partial charge is 0.392 e. The Morgan fingerprint density at radius 1 is 1.45 bits per heavy atom. The molecule has 5 nitrogen and oxygen atoms in total. The van der Waals surface area contributed by atoms with Crippen LogP contribution in [0.3, 0.4) is 0 Å². The maximum atomic E-state index is 10.6. The van der Waals surface area contributed by atoms with Crippen LogP contribution < -0.4 is 5.32 Å². The molecule has 1 aliphatic rings. The van der Waals surface area contributed by atoms with Crippen LogP contribution >= 0.6 is 0 Å². The van der Waals surface area contributed by atoms with Crippen LogP contribution in [0.15, 0.2) is 0 Å². The van der Waals surface area contributed by atoms with Gasteiger partial charge in [-0.05, 0) is 13.0 Å². The van der Waals surface area contributed by atoms with E-state index in [1.807, 2.05) is 0 Å². The molecular weight excluding hydrogens is 170 g/mol. The Hall–Kier alpha value is -0.170. The van der Waals surface area contributed by atoms with Crippen LogP contribution in [0, 0.1) is 0 Å². The second kappa shape index (κ2) is 3.06.